The number of hydrogen-bond acceptors (Lipinski definition) is 5. The number of fused-ring (bicyclic) bond motifs is 1. The average molecular weight is 430 g/mol. The Bertz CT molecular complexity index is 1070. The Morgan fingerprint density at radius 1 is 1.07 bits per heavy atom. The second kappa shape index (κ2) is 7.75. The largest absolute Gasteiger partial charge is 0.423 e. The van der Waals surface area contributed by atoms with E-state index < -0.39 is 17.5 Å². The molecule has 0 fully saturated rings. The van der Waals surface area contributed by atoms with Crippen molar-refractivity contribution in [3.63, 3.8) is 0 Å². The maximum atomic E-state index is 12.2. The molecule has 7 heteroatoms. The van der Waals surface area contributed by atoms with Gasteiger partial charge in [0.15, 0.2) is 0 Å². The molecule has 0 aliphatic carbocycles. The highest BCUT2D eigenvalue weighted by molar-refractivity contribution is 9.10. The molecule has 0 spiro atoms. The van der Waals surface area contributed by atoms with E-state index >= 15 is 0 Å². The molecular formula is C20H16BrNO5. The lowest BCUT2D eigenvalue weighted by molar-refractivity contribution is 0.0734. The van der Waals surface area contributed by atoms with Gasteiger partial charge in [-0.3, -0.25) is 4.79 Å². The van der Waals surface area contributed by atoms with E-state index in [1.807, 2.05) is 0 Å². The van der Waals surface area contributed by atoms with Gasteiger partial charge in [0.1, 0.15) is 16.9 Å². The molecule has 0 aliphatic heterocycles. The SMILES string of the molecule is CC(C)NC(=O)c1cc2ccc(OC(=O)c3ccc(Br)cc3)cc2oc1=O. The van der Waals surface area contributed by atoms with Crippen LogP contribution in [0.1, 0.15) is 34.6 Å². The minimum atomic E-state index is -0.753. The third-order valence-electron chi connectivity index (χ3n) is 3.66. The van der Waals surface area contributed by atoms with Crippen molar-refractivity contribution >= 4 is 38.8 Å². The summed E-state index contributed by atoms with van der Waals surface area (Å²) in [5.41, 5.74) is -0.212. The zero-order valence-electron chi connectivity index (χ0n) is 14.6. The highest BCUT2D eigenvalue weighted by Crippen LogP contribution is 2.22. The van der Waals surface area contributed by atoms with Gasteiger partial charge in [0.2, 0.25) is 0 Å². The topological polar surface area (TPSA) is 85.6 Å². The maximum Gasteiger partial charge on any atom is 0.349 e. The first-order chi connectivity index (χ1) is 12.8. The van der Waals surface area contributed by atoms with Crippen molar-refractivity contribution < 1.29 is 18.7 Å². The fourth-order valence-corrected chi connectivity index (χ4v) is 2.67. The summed E-state index contributed by atoms with van der Waals surface area (Å²) in [5.74, 6) is -0.790. The van der Waals surface area contributed by atoms with E-state index in [4.69, 9.17) is 9.15 Å². The number of amides is 1. The Balaban J connectivity index is 1.87. The molecular weight excluding hydrogens is 414 g/mol. The van der Waals surface area contributed by atoms with Gasteiger partial charge in [-0.25, -0.2) is 9.59 Å². The Hall–Kier alpha value is -2.93. The first-order valence-electron chi connectivity index (χ1n) is 8.20. The molecule has 2 aromatic carbocycles. The molecule has 27 heavy (non-hydrogen) atoms. The van der Waals surface area contributed by atoms with Crippen LogP contribution in [0.4, 0.5) is 0 Å². The van der Waals surface area contributed by atoms with E-state index in [0.29, 0.717) is 10.9 Å². The zero-order valence-corrected chi connectivity index (χ0v) is 16.2. The standard InChI is InChI=1S/C20H16BrNO5/c1-11(2)22-18(23)16-9-13-5-8-15(10-17(13)27-20(16)25)26-19(24)12-3-6-14(21)7-4-12/h3-11H,1-2H3,(H,22,23). The van der Waals surface area contributed by atoms with Gasteiger partial charge in [-0.1, -0.05) is 15.9 Å². The number of hydrogen-bond donors (Lipinski definition) is 1. The molecule has 0 radical (unpaired) electrons. The van der Waals surface area contributed by atoms with Crippen LogP contribution in [0.3, 0.4) is 0 Å². The summed E-state index contributed by atoms with van der Waals surface area (Å²) in [6, 6.07) is 12.7. The zero-order chi connectivity index (χ0) is 19.6. The number of carbonyl (C=O) groups is 2. The maximum absolute atomic E-state index is 12.2. The van der Waals surface area contributed by atoms with E-state index in [2.05, 4.69) is 21.2 Å². The van der Waals surface area contributed by atoms with Gasteiger partial charge in [0.05, 0.1) is 5.56 Å². The second-order valence-electron chi connectivity index (χ2n) is 6.17. The molecule has 3 rings (SSSR count). The fraction of sp³-hybridized carbons (Fsp3) is 0.150. The van der Waals surface area contributed by atoms with Crippen LogP contribution in [0.15, 0.2) is 62.2 Å². The van der Waals surface area contributed by atoms with Crippen LogP contribution in [-0.4, -0.2) is 17.9 Å². The molecule has 1 N–H and O–H groups in total. The molecule has 138 valence electrons. The van der Waals surface area contributed by atoms with Crippen molar-refractivity contribution in [2.75, 3.05) is 0 Å². The molecule has 0 saturated heterocycles. The lowest BCUT2D eigenvalue weighted by atomic mass is 10.1. The third kappa shape index (κ3) is 4.43. The first kappa shape index (κ1) is 18.8. The summed E-state index contributed by atoms with van der Waals surface area (Å²) in [5, 5.41) is 3.20. The quantitative estimate of drug-likeness (QED) is 0.385. The Morgan fingerprint density at radius 3 is 2.44 bits per heavy atom. The minimum Gasteiger partial charge on any atom is -0.423 e. The van der Waals surface area contributed by atoms with Crippen molar-refractivity contribution in [2.24, 2.45) is 0 Å². The Morgan fingerprint density at radius 2 is 1.78 bits per heavy atom. The molecule has 0 bridgehead atoms. The Kier molecular flexibility index (Phi) is 5.41. The number of benzene rings is 2. The third-order valence-corrected chi connectivity index (χ3v) is 4.19. The van der Waals surface area contributed by atoms with E-state index in [0.717, 1.165) is 4.47 Å². The van der Waals surface area contributed by atoms with E-state index in [1.165, 1.54) is 12.1 Å². The van der Waals surface area contributed by atoms with Crippen molar-refractivity contribution in [1.29, 1.82) is 0 Å². The summed E-state index contributed by atoms with van der Waals surface area (Å²) in [6.07, 6.45) is 0. The predicted octanol–water partition coefficient (Wildman–Crippen LogP) is 3.91. The highest BCUT2D eigenvalue weighted by atomic mass is 79.9. The van der Waals surface area contributed by atoms with Gasteiger partial charge in [-0.05, 0) is 56.3 Å². The molecule has 1 heterocycles. The van der Waals surface area contributed by atoms with Crippen molar-refractivity contribution in [3.8, 4) is 5.75 Å². The first-order valence-corrected chi connectivity index (χ1v) is 8.99. The normalized spacial score (nSPS) is 10.8. The van der Waals surface area contributed by atoms with Crippen LogP contribution in [0.5, 0.6) is 5.75 Å². The number of halogens is 1. The summed E-state index contributed by atoms with van der Waals surface area (Å²) >= 11 is 3.30. The second-order valence-corrected chi connectivity index (χ2v) is 7.09. The molecule has 1 aromatic heterocycles. The number of ether oxygens (including phenoxy) is 1. The molecule has 0 unspecified atom stereocenters. The van der Waals surface area contributed by atoms with E-state index in [1.54, 1.807) is 50.2 Å². The number of rotatable bonds is 4. The van der Waals surface area contributed by atoms with Crippen LogP contribution in [0, 0.1) is 0 Å². The highest BCUT2D eigenvalue weighted by Gasteiger charge is 2.15. The molecule has 3 aromatic rings. The smallest absolute Gasteiger partial charge is 0.349 e. The molecule has 1 amide bonds. The molecule has 6 nitrogen and oxygen atoms in total. The van der Waals surface area contributed by atoms with E-state index in [-0.39, 0.29) is 22.9 Å². The predicted molar refractivity (Wildman–Crippen MR) is 104 cm³/mol. The number of nitrogens with one attached hydrogen (secondary N) is 1. The van der Waals surface area contributed by atoms with Crippen LogP contribution in [0.25, 0.3) is 11.0 Å². The summed E-state index contributed by atoms with van der Waals surface area (Å²) in [7, 11) is 0. The molecule has 0 aliphatic rings. The summed E-state index contributed by atoms with van der Waals surface area (Å²) in [6.45, 7) is 3.60. The van der Waals surface area contributed by atoms with Gasteiger partial charge in [-0.15, -0.1) is 0 Å². The minimum absolute atomic E-state index is 0.0733. The van der Waals surface area contributed by atoms with Crippen molar-refractivity contribution in [2.45, 2.75) is 19.9 Å². The van der Waals surface area contributed by atoms with Gasteiger partial charge in [0.25, 0.3) is 5.91 Å². The summed E-state index contributed by atoms with van der Waals surface area (Å²) in [4.78, 5) is 36.4. The van der Waals surface area contributed by atoms with Gasteiger partial charge in [0, 0.05) is 22.0 Å². The number of carbonyl (C=O) groups excluding carboxylic acids is 2. The Labute approximate surface area is 163 Å². The van der Waals surface area contributed by atoms with Gasteiger partial charge < -0.3 is 14.5 Å². The van der Waals surface area contributed by atoms with Crippen molar-refractivity contribution in [1.82, 2.24) is 5.32 Å². The van der Waals surface area contributed by atoms with Crippen LogP contribution >= 0.6 is 15.9 Å². The van der Waals surface area contributed by atoms with Gasteiger partial charge in [-0.2, -0.15) is 0 Å². The lowest BCUT2D eigenvalue weighted by Gasteiger charge is -2.08. The monoisotopic (exact) mass is 429 g/mol. The fourth-order valence-electron chi connectivity index (χ4n) is 2.41. The summed E-state index contributed by atoms with van der Waals surface area (Å²) < 4.78 is 11.4. The van der Waals surface area contributed by atoms with Crippen LogP contribution < -0.4 is 15.7 Å². The van der Waals surface area contributed by atoms with Crippen LogP contribution in [0.2, 0.25) is 0 Å². The average Bonchev–Trinajstić information content (AvgIpc) is 2.60. The van der Waals surface area contributed by atoms with Crippen molar-refractivity contribution in [3.05, 3.63) is 74.6 Å². The number of esters is 1. The van der Waals surface area contributed by atoms with Gasteiger partial charge >= 0.3 is 11.6 Å². The lowest BCUT2D eigenvalue weighted by Crippen LogP contribution is -2.33. The van der Waals surface area contributed by atoms with E-state index in [9.17, 15) is 14.4 Å². The molecule has 0 atom stereocenters. The van der Waals surface area contributed by atoms with Crippen LogP contribution in [-0.2, 0) is 0 Å². The molecule has 0 saturated carbocycles.